The maximum absolute atomic E-state index is 13.6. The van der Waals surface area contributed by atoms with Gasteiger partial charge in [0.2, 0.25) is 0 Å². The number of hydrogen-bond donors (Lipinski definition) is 2. The number of nitrogens with zero attached hydrogens (tertiary/aromatic N) is 2. The number of carbonyl (C=O) groups excluding carboxylic acids is 3. The summed E-state index contributed by atoms with van der Waals surface area (Å²) in [4.78, 5) is 45.4. The predicted molar refractivity (Wildman–Crippen MR) is 149 cm³/mol. The van der Waals surface area contributed by atoms with Crippen molar-refractivity contribution in [2.45, 2.75) is 19.9 Å². The van der Waals surface area contributed by atoms with Crippen LogP contribution in [0.4, 0.5) is 5.13 Å². The molecule has 2 aromatic carbocycles. The van der Waals surface area contributed by atoms with Gasteiger partial charge in [-0.1, -0.05) is 30.1 Å². The standard InChI is InChI=1S/C29H26N2O9S/c1-4-10-40-28(36)26-15(3)30-29(41-26)31-23(16-6-8-18(32)20(13-16)37-5-2)22(25(34)27(31)35)24(33)17-7-9-19-21(14-17)39-12-11-38-19/h4,6-9,13-14,23,32-33H,1,5,10-12H2,2-3H3. The van der Waals surface area contributed by atoms with Crippen molar-refractivity contribution in [1.82, 2.24) is 4.98 Å². The van der Waals surface area contributed by atoms with Crippen LogP contribution in [0.3, 0.4) is 0 Å². The van der Waals surface area contributed by atoms with E-state index < -0.39 is 29.5 Å². The van der Waals surface area contributed by atoms with E-state index in [1.165, 1.54) is 30.3 Å². The number of hydrogen-bond acceptors (Lipinski definition) is 11. The summed E-state index contributed by atoms with van der Waals surface area (Å²) in [5, 5.41) is 21.8. The van der Waals surface area contributed by atoms with Crippen molar-refractivity contribution >= 4 is 39.9 Å². The molecule has 3 heterocycles. The first kappa shape index (κ1) is 27.7. The van der Waals surface area contributed by atoms with Gasteiger partial charge in [0.1, 0.15) is 30.5 Å². The highest BCUT2D eigenvalue weighted by Crippen LogP contribution is 2.46. The van der Waals surface area contributed by atoms with Gasteiger partial charge in [-0.25, -0.2) is 9.78 Å². The molecule has 2 aliphatic rings. The van der Waals surface area contributed by atoms with Crippen molar-refractivity contribution in [3.8, 4) is 23.0 Å². The van der Waals surface area contributed by atoms with E-state index in [4.69, 9.17) is 18.9 Å². The van der Waals surface area contributed by atoms with Gasteiger partial charge >= 0.3 is 11.9 Å². The van der Waals surface area contributed by atoms with E-state index in [2.05, 4.69) is 11.6 Å². The Kier molecular flexibility index (Phi) is 7.66. The Bertz CT molecular complexity index is 1590. The summed E-state index contributed by atoms with van der Waals surface area (Å²) in [6.07, 6.45) is 1.42. The molecule has 1 amide bonds. The lowest BCUT2D eigenvalue weighted by atomic mass is 9.95. The van der Waals surface area contributed by atoms with Crippen LogP contribution in [-0.2, 0) is 14.3 Å². The molecule has 0 aliphatic carbocycles. The van der Waals surface area contributed by atoms with Gasteiger partial charge in [0.25, 0.3) is 5.78 Å². The normalized spacial score (nSPS) is 17.4. The molecule has 41 heavy (non-hydrogen) atoms. The Labute approximate surface area is 238 Å². The number of thiazole rings is 1. The average Bonchev–Trinajstić information content (AvgIpc) is 3.48. The van der Waals surface area contributed by atoms with E-state index in [9.17, 15) is 24.6 Å². The molecule has 3 aromatic rings. The number of phenols is 1. The Balaban J connectivity index is 1.68. The Morgan fingerprint density at radius 2 is 1.95 bits per heavy atom. The van der Waals surface area contributed by atoms with Crippen LogP contribution in [0.5, 0.6) is 23.0 Å². The molecular formula is C29H26N2O9S. The number of phenolic OH excluding ortho intramolecular Hbond substituents is 1. The van der Waals surface area contributed by atoms with E-state index >= 15 is 0 Å². The molecule has 1 saturated heterocycles. The number of aliphatic hydroxyl groups is 1. The van der Waals surface area contributed by atoms with Gasteiger partial charge in [-0.05, 0) is 49.7 Å². The van der Waals surface area contributed by atoms with Crippen molar-refractivity contribution in [2.24, 2.45) is 0 Å². The molecule has 0 spiro atoms. The van der Waals surface area contributed by atoms with Gasteiger partial charge in [0.15, 0.2) is 28.1 Å². The van der Waals surface area contributed by atoms with Crippen LogP contribution in [0.1, 0.15) is 39.5 Å². The number of aromatic nitrogens is 1. The van der Waals surface area contributed by atoms with E-state index in [1.807, 2.05) is 0 Å². The number of esters is 1. The monoisotopic (exact) mass is 578 g/mol. The molecule has 2 aliphatic heterocycles. The number of Topliss-reactive ketones (excluding diaryl/α,β-unsaturated/α-hetero) is 1. The largest absolute Gasteiger partial charge is 0.507 e. The zero-order chi connectivity index (χ0) is 29.3. The summed E-state index contributed by atoms with van der Waals surface area (Å²) in [6.45, 7) is 7.78. The van der Waals surface area contributed by atoms with E-state index in [1.54, 1.807) is 26.0 Å². The van der Waals surface area contributed by atoms with Crippen LogP contribution in [0.15, 0.2) is 54.6 Å². The molecule has 212 valence electrons. The molecule has 5 rings (SSSR count). The predicted octanol–water partition coefficient (Wildman–Crippen LogP) is 4.30. The summed E-state index contributed by atoms with van der Waals surface area (Å²) in [5.74, 6) is -2.17. The third-order valence-corrected chi connectivity index (χ3v) is 7.51. The van der Waals surface area contributed by atoms with Gasteiger partial charge in [0, 0.05) is 5.56 Å². The summed E-state index contributed by atoms with van der Waals surface area (Å²) < 4.78 is 21.9. The first-order chi connectivity index (χ1) is 19.7. The Hall–Kier alpha value is -4.84. The highest BCUT2D eigenvalue weighted by molar-refractivity contribution is 7.17. The number of ether oxygens (including phenoxy) is 4. The first-order valence-electron chi connectivity index (χ1n) is 12.7. The molecular weight excluding hydrogens is 552 g/mol. The van der Waals surface area contributed by atoms with E-state index in [0.717, 1.165) is 16.2 Å². The molecule has 1 atom stereocenters. The SMILES string of the molecule is C=CCOC(=O)c1sc(N2C(=O)C(=O)C(=C(O)c3ccc4c(c3)OCCO4)C2c2ccc(O)c(OCC)c2)nc1C. The number of ketones is 1. The van der Waals surface area contributed by atoms with Crippen molar-refractivity contribution in [2.75, 3.05) is 31.3 Å². The summed E-state index contributed by atoms with van der Waals surface area (Å²) in [7, 11) is 0. The van der Waals surface area contributed by atoms with Crippen LogP contribution in [0.25, 0.3) is 5.76 Å². The highest BCUT2D eigenvalue weighted by atomic mass is 32.1. The fourth-order valence-corrected chi connectivity index (χ4v) is 5.53. The number of aromatic hydroxyl groups is 1. The lowest BCUT2D eigenvalue weighted by Gasteiger charge is -2.24. The number of aliphatic hydroxyl groups excluding tert-OH is 1. The molecule has 12 heteroatoms. The Morgan fingerprint density at radius 3 is 2.68 bits per heavy atom. The van der Waals surface area contributed by atoms with Crippen molar-refractivity contribution in [3.63, 3.8) is 0 Å². The summed E-state index contributed by atoms with van der Waals surface area (Å²) in [6, 6.07) is 7.88. The van der Waals surface area contributed by atoms with Crippen LogP contribution in [0, 0.1) is 6.92 Å². The third-order valence-electron chi connectivity index (χ3n) is 6.37. The second-order valence-corrected chi connectivity index (χ2v) is 9.96. The zero-order valence-corrected chi connectivity index (χ0v) is 23.0. The van der Waals surface area contributed by atoms with Gasteiger partial charge in [-0.3, -0.25) is 14.5 Å². The minimum absolute atomic E-state index is 0.0146. The number of carbonyl (C=O) groups is 3. The minimum atomic E-state index is -1.18. The first-order valence-corrected chi connectivity index (χ1v) is 13.5. The number of rotatable bonds is 8. The van der Waals surface area contributed by atoms with Crippen molar-refractivity contribution in [3.05, 3.63) is 76.3 Å². The number of anilines is 1. The van der Waals surface area contributed by atoms with Crippen LogP contribution in [0.2, 0.25) is 0 Å². The maximum Gasteiger partial charge on any atom is 0.350 e. The fraction of sp³-hybridized carbons (Fsp3) is 0.241. The van der Waals surface area contributed by atoms with E-state index in [0.29, 0.717) is 36.0 Å². The molecule has 11 nitrogen and oxygen atoms in total. The summed E-state index contributed by atoms with van der Waals surface area (Å²) >= 11 is 0.877. The number of amides is 1. The lowest BCUT2D eigenvalue weighted by Crippen LogP contribution is -2.29. The van der Waals surface area contributed by atoms with Crippen molar-refractivity contribution in [1.29, 1.82) is 0 Å². The minimum Gasteiger partial charge on any atom is -0.507 e. The molecule has 0 bridgehead atoms. The Morgan fingerprint density at radius 1 is 1.20 bits per heavy atom. The topological polar surface area (TPSA) is 145 Å². The van der Waals surface area contributed by atoms with Crippen molar-refractivity contribution < 1.29 is 43.5 Å². The molecule has 1 unspecified atom stereocenters. The molecule has 0 saturated carbocycles. The molecule has 1 aromatic heterocycles. The second kappa shape index (κ2) is 11.3. The van der Waals surface area contributed by atoms with E-state index in [-0.39, 0.29) is 45.9 Å². The lowest BCUT2D eigenvalue weighted by molar-refractivity contribution is -0.132. The highest BCUT2D eigenvalue weighted by Gasteiger charge is 2.48. The zero-order valence-electron chi connectivity index (χ0n) is 22.2. The van der Waals surface area contributed by atoms with Gasteiger partial charge in [-0.15, -0.1) is 0 Å². The van der Waals surface area contributed by atoms with Crippen LogP contribution >= 0.6 is 11.3 Å². The number of benzene rings is 2. The number of fused-ring (bicyclic) bond motifs is 1. The van der Waals surface area contributed by atoms with Crippen LogP contribution in [-0.4, -0.2) is 59.3 Å². The molecule has 1 fully saturated rings. The number of aryl methyl sites for hydroxylation is 1. The molecule has 2 N–H and O–H groups in total. The molecule has 0 radical (unpaired) electrons. The third kappa shape index (κ3) is 5.09. The van der Waals surface area contributed by atoms with Crippen LogP contribution < -0.4 is 19.1 Å². The van der Waals surface area contributed by atoms with Gasteiger partial charge < -0.3 is 29.2 Å². The maximum atomic E-state index is 13.6. The smallest absolute Gasteiger partial charge is 0.350 e. The fourth-order valence-electron chi connectivity index (χ4n) is 4.54. The average molecular weight is 579 g/mol. The summed E-state index contributed by atoms with van der Waals surface area (Å²) in [5.41, 5.74) is 0.661. The second-order valence-electron chi connectivity index (χ2n) is 8.99. The quantitative estimate of drug-likeness (QED) is 0.131. The van der Waals surface area contributed by atoms with Gasteiger partial charge in [0.05, 0.1) is 23.9 Å². The van der Waals surface area contributed by atoms with Gasteiger partial charge in [-0.2, -0.15) is 0 Å².